The van der Waals surface area contributed by atoms with E-state index in [1.54, 1.807) is 0 Å². The van der Waals surface area contributed by atoms with Crippen LogP contribution in [0.1, 0.15) is 58.3 Å². The predicted molar refractivity (Wildman–Crippen MR) is 81.5 cm³/mol. The SMILES string of the molecule is CCCN(C(=O)CC1CC2CCC1C2)C1CCNCC1. The van der Waals surface area contributed by atoms with E-state index in [2.05, 4.69) is 17.1 Å². The molecule has 3 unspecified atom stereocenters. The molecule has 3 heteroatoms. The summed E-state index contributed by atoms with van der Waals surface area (Å²) in [5.41, 5.74) is 0. The quantitative estimate of drug-likeness (QED) is 0.838. The lowest BCUT2D eigenvalue weighted by Gasteiger charge is -2.36. The Morgan fingerprint density at radius 3 is 2.55 bits per heavy atom. The molecular weight excluding hydrogens is 248 g/mol. The van der Waals surface area contributed by atoms with E-state index in [0.29, 0.717) is 17.9 Å². The van der Waals surface area contributed by atoms with E-state index < -0.39 is 0 Å². The molecule has 0 aromatic heterocycles. The molecule has 114 valence electrons. The van der Waals surface area contributed by atoms with E-state index in [4.69, 9.17) is 0 Å². The minimum Gasteiger partial charge on any atom is -0.340 e. The van der Waals surface area contributed by atoms with Gasteiger partial charge >= 0.3 is 0 Å². The molecule has 0 spiro atoms. The van der Waals surface area contributed by atoms with Gasteiger partial charge in [-0.15, -0.1) is 0 Å². The van der Waals surface area contributed by atoms with Crippen LogP contribution in [-0.2, 0) is 4.79 Å². The number of amides is 1. The Hall–Kier alpha value is -0.570. The summed E-state index contributed by atoms with van der Waals surface area (Å²) in [7, 11) is 0. The molecule has 3 rings (SSSR count). The molecule has 3 atom stereocenters. The summed E-state index contributed by atoms with van der Waals surface area (Å²) < 4.78 is 0. The van der Waals surface area contributed by atoms with Gasteiger partial charge in [0, 0.05) is 19.0 Å². The van der Waals surface area contributed by atoms with Crippen molar-refractivity contribution in [2.75, 3.05) is 19.6 Å². The molecule has 3 aliphatic rings. The third kappa shape index (κ3) is 3.03. The maximum Gasteiger partial charge on any atom is 0.223 e. The largest absolute Gasteiger partial charge is 0.340 e. The normalized spacial score (nSPS) is 33.5. The topological polar surface area (TPSA) is 32.3 Å². The van der Waals surface area contributed by atoms with Crippen LogP contribution in [0.2, 0.25) is 0 Å². The molecule has 3 nitrogen and oxygen atoms in total. The Morgan fingerprint density at radius 1 is 1.15 bits per heavy atom. The molecule has 1 N–H and O–H groups in total. The summed E-state index contributed by atoms with van der Waals surface area (Å²) in [6, 6.07) is 0.502. The van der Waals surface area contributed by atoms with Gasteiger partial charge in [-0.3, -0.25) is 4.79 Å². The molecule has 20 heavy (non-hydrogen) atoms. The van der Waals surface area contributed by atoms with E-state index in [1.807, 2.05) is 0 Å². The van der Waals surface area contributed by atoms with Crippen LogP contribution in [0.5, 0.6) is 0 Å². The second-order valence-electron chi connectivity index (χ2n) is 7.21. The summed E-state index contributed by atoms with van der Waals surface area (Å²) in [5, 5.41) is 3.41. The highest BCUT2D eigenvalue weighted by atomic mass is 16.2. The summed E-state index contributed by atoms with van der Waals surface area (Å²) in [6.45, 7) is 5.31. The van der Waals surface area contributed by atoms with Crippen molar-refractivity contribution in [1.29, 1.82) is 0 Å². The van der Waals surface area contributed by atoms with E-state index >= 15 is 0 Å². The number of carbonyl (C=O) groups is 1. The second kappa shape index (κ2) is 6.46. The Kier molecular flexibility index (Phi) is 4.65. The van der Waals surface area contributed by atoms with Gasteiger partial charge in [-0.2, -0.15) is 0 Å². The van der Waals surface area contributed by atoms with Crippen LogP contribution in [0.4, 0.5) is 0 Å². The van der Waals surface area contributed by atoms with Crippen molar-refractivity contribution in [2.45, 2.75) is 64.3 Å². The van der Waals surface area contributed by atoms with E-state index in [0.717, 1.165) is 57.2 Å². The first-order valence-electron chi connectivity index (χ1n) is 8.78. The molecule has 1 amide bonds. The van der Waals surface area contributed by atoms with Crippen LogP contribution in [-0.4, -0.2) is 36.5 Å². The van der Waals surface area contributed by atoms with E-state index in [-0.39, 0.29) is 0 Å². The second-order valence-corrected chi connectivity index (χ2v) is 7.21. The van der Waals surface area contributed by atoms with Gasteiger partial charge in [0.1, 0.15) is 0 Å². The Bertz CT molecular complexity index is 338. The van der Waals surface area contributed by atoms with Crippen LogP contribution in [0.25, 0.3) is 0 Å². The minimum absolute atomic E-state index is 0.455. The highest BCUT2D eigenvalue weighted by Crippen LogP contribution is 2.49. The molecule has 1 saturated heterocycles. The van der Waals surface area contributed by atoms with Crippen LogP contribution >= 0.6 is 0 Å². The molecule has 0 radical (unpaired) electrons. The van der Waals surface area contributed by atoms with Crippen LogP contribution in [0, 0.1) is 17.8 Å². The molecule has 1 aliphatic heterocycles. The third-order valence-electron chi connectivity index (χ3n) is 5.86. The fourth-order valence-electron chi connectivity index (χ4n) is 4.84. The zero-order valence-corrected chi connectivity index (χ0v) is 12.9. The highest BCUT2D eigenvalue weighted by Gasteiger charge is 2.41. The smallest absolute Gasteiger partial charge is 0.223 e. The zero-order valence-electron chi connectivity index (χ0n) is 12.9. The fourth-order valence-corrected chi connectivity index (χ4v) is 4.84. The Balaban J connectivity index is 1.57. The molecular formula is C17H30N2O. The molecule has 2 aliphatic carbocycles. The summed E-state index contributed by atoms with van der Waals surface area (Å²) >= 11 is 0. The van der Waals surface area contributed by atoms with Gasteiger partial charge in [-0.05, 0) is 69.4 Å². The zero-order chi connectivity index (χ0) is 13.9. The number of hydrogen-bond donors (Lipinski definition) is 1. The maximum atomic E-state index is 12.8. The van der Waals surface area contributed by atoms with Crippen molar-refractivity contribution in [3.05, 3.63) is 0 Å². The Morgan fingerprint density at radius 2 is 1.95 bits per heavy atom. The van der Waals surface area contributed by atoms with Gasteiger partial charge in [-0.1, -0.05) is 13.3 Å². The van der Waals surface area contributed by atoms with Crippen molar-refractivity contribution in [3.8, 4) is 0 Å². The summed E-state index contributed by atoms with van der Waals surface area (Å²) in [4.78, 5) is 15.0. The van der Waals surface area contributed by atoms with Gasteiger partial charge in [-0.25, -0.2) is 0 Å². The van der Waals surface area contributed by atoms with E-state index in [1.165, 1.54) is 25.7 Å². The number of hydrogen-bond acceptors (Lipinski definition) is 2. The van der Waals surface area contributed by atoms with E-state index in [9.17, 15) is 4.79 Å². The summed E-state index contributed by atoms with van der Waals surface area (Å²) in [6.07, 6.45) is 9.79. The van der Waals surface area contributed by atoms with Gasteiger partial charge in [0.05, 0.1) is 0 Å². The van der Waals surface area contributed by atoms with Gasteiger partial charge < -0.3 is 10.2 Å². The number of nitrogens with zero attached hydrogens (tertiary/aromatic N) is 1. The number of fused-ring (bicyclic) bond motifs is 2. The lowest BCUT2D eigenvalue weighted by atomic mass is 9.86. The van der Waals surface area contributed by atoms with Crippen molar-refractivity contribution in [3.63, 3.8) is 0 Å². The van der Waals surface area contributed by atoms with Crippen LogP contribution in [0.3, 0.4) is 0 Å². The Labute approximate surface area is 123 Å². The lowest BCUT2D eigenvalue weighted by molar-refractivity contribution is -0.135. The molecule has 3 fully saturated rings. The van der Waals surface area contributed by atoms with Gasteiger partial charge in [0.2, 0.25) is 5.91 Å². The third-order valence-corrected chi connectivity index (χ3v) is 5.86. The molecule has 2 bridgehead atoms. The standard InChI is InChI=1S/C17H30N2O/c1-2-9-19(16-5-7-18-8-6-16)17(20)12-15-11-13-3-4-14(15)10-13/h13-16,18H,2-12H2,1H3. The number of carbonyl (C=O) groups excluding carboxylic acids is 1. The highest BCUT2D eigenvalue weighted by molar-refractivity contribution is 5.77. The maximum absolute atomic E-state index is 12.8. The first kappa shape index (κ1) is 14.4. The molecule has 0 aromatic carbocycles. The number of rotatable bonds is 5. The van der Waals surface area contributed by atoms with Crippen molar-refractivity contribution in [2.24, 2.45) is 17.8 Å². The first-order valence-corrected chi connectivity index (χ1v) is 8.78. The van der Waals surface area contributed by atoms with Crippen molar-refractivity contribution >= 4 is 5.91 Å². The predicted octanol–water partition coefficient (Wildman–Crippen LogP) is 2.80. The average molecular weight is 278 g/mol. The van der Waals surface area contributed by atoms with Crippen LogP contribution in [0.15, 0.2) is 0 Å². The van der Waals surface area contributed by atoms with Gasteiger partial charge in [0.25, 0.3) is 0 Å². The molecule has 2 saturated carbocycles. The van der Waals surface area contributed by atoms with Gasteiger partial charge in [0.15, 0.2) is 0 Å². The first-order chi connectivity index (χ1) is 9.78. The number of nitrogens with one attached hydrogen (secondary N) is 1. The average Bonchev–Trinajstić information content (AvgIpc) is 3.08. The fraction of sp³-hybridized carbons (Fsp3) is 0.941. The number of piperidine rings is 1. The summed E-state index contributed by atoms with van der Waals surface area (Å²) in [5.74, 6) is 3.00. The molecule has 0 aromatic rings. The minimum atomic E-state index is 0.455. The monoisotopic (exact) mass is 278 g/mol. The van der Waals surface area contributed by atoms with Crippen molar-refractivity contribution in [1.82, 2.24) is 10.2 Å². The van der Waals surface area contributed by atoms with Crippen LogP contribution < -0.4 is 5.32 Å². The lowest BCUT2D eigenvalue weighted by Crippen LogP contribution is -2.47. The molecule has 1 heterocycles. The van der Waals surface area contributed by atoms with Crippen molar-refractivity contribution < 1.29 is 4.79 Å².